The molecular weight excluding hydrogens is 408 g/mol. The molecule has 2 atom stereocenters. The Balaban J connectivity index is 1.88. The standard InChI is InChI=1S/C26H50O4S/c1-3-4-5-6-7-8-9-10-11-12-13-14-15-17-20-27-22-25(30-24(2)31)23-29-26-19-16-18-21-28-26/h25-26H,3-23H2,1-2H3/t25-,26?/m1/s1. The first kappa shape index (κ1) is 28.8. The van der Waals surface area contributed by atoms with Crippen LogP contribution in [0.1, 0.15) is 123 Å². The van der Waals surface area contributed by atoms with E-state index < -0.39 is 0 Å². The van der Waals surface area contributed by atoms with Gasteiger partial charge in [0.05, 0.1) is 13.2 Å². The zero-order valence-electron chi connectivity index (χ0n) is 20.5. The average molecular weight is 459 g/mol. The van der Waals surface area contributed by atoms with Crippen molar-refractivity contribution in [3.63, 3.8) is 0 Å². The normalized spacial score (nSPS) is 17.5. The molecule has 0 saturated carbocycles. The number of unbranched alkanes of at least 4 members (excludes halogenated alkanes) is 13. The minimum absolute atomic E-state index is 0.101. The van der Waals surface area contributed by atoms with E-state index in [0.717, 1.165) is 38.9 Å². The molecule has 0 radical (unpaired) electrons. The fourth-order valence-electron chi connectivity index (χ4n) is 4.02. The van der Waals surface area contributed by atoms with Gasteiger partial charge in [0, 0.05) is 20.1 Å². The van der Waals surface area contributed by atoms with Gasteiger partial charge in [0.2, 0.25) is 0 Å². The van der Waals surface area contributed by atoms with Crippen molar-refractivity contribution in [2.75, 3.05) is 26.4 Å². The van der Waals surface area contributed by atoms with Crippen molar-refractivity contribution in [1.82, 2.24) is 0 Å². The quantitative estimate of drug-likeness (QED) is 0.130. The van der Waals surface area contributed by atoms with Crippen LogP contribution in [0.25, 0.3) is 0 Å². The van der Waals surface area contributed by atoms with Crippen LogP contribution in [-0.2, 0) is 18.9 Å². The van der Waals surface area contributed by atoms with Crippen LogP contribution in [0.3, 0.4) is 0 Å². The minimum atomic E-state index is -0.144. The van der Waals surface area contributed by atoms with E-state index in [-0.39, 0.29) is 12.4 Å². The maximum Gasteiger partial charge on any atom is 0.157 e. The minimum Gasteiger partial charge on any atom is -0.479 e. The van der Waals surface area contributed by atoms with Crippen LogP contribution < -0.4 is 0 Å². The lowest BCUT2D eigenvalue weighted by Gasteiger charge is -2.25. The van der Waals surface area contributed by atoms with Crippen molar-refractivity contribution < 1.29 is 18.9 Å². The molecule has 1 fully saturated rings. The van der Waals surface area contributed by atoms with Gasteiger partial charge in [0.15, 0.2) is 11.3 Å². The Bertz CT molecular complexity index is 399. The highest BCUT2D eigenvalue weighted by Gasteiger charge is 2.18. The van der Waals surface area contributed by atoms with Gasteiger partial charge in [-0.3, -0.25) is 0 Å². The second-order valence-electron chi connectivity index (χ2n) is 9.03. The second kappa shape index (κ2) is 21.6. The van der Waals surface area contributed by atoms with E-state index >= 15 is 0 Å². The molecule has 0 aromatic heterocycles. The van der Waals surface area contributed by atoms with Gasteiger partial charge in [-0.1, -0.05) is 90.4 Å². The number of ether oxygens (including phenoxy) is 4. The lowest BCUT2D eigenvalue weighted by atomic mass is 10.0. The van der Waals surface area contributed by atoms with E-state index in [2.05, 4.69) is 6.92 Å². The van der Waals surface area contributed by atoms with Gasteiger partial charge in [-0.05, 0) is 37.9 Å². The molecule has 1 heterocycles. The van der Waals surface area contributed by atoms with Crippen molar-refractivity contribution in [3.8, 4) is 0 Å². The summed E-state index contributed by atoms with van der Waals surface area (Å²) >= 11 is 5.09. The molecule has 1 aliphatic heterocycles. The molecule has 31 heavy (non-hydrogen) atoms. The van der Waals surface area contributed by atoms with Crippen LogP contribution in [0.5, 0.6) is 0 Å². The molecule has 0 aliphatic carbocycles. The van der Waals surface area contributed by atoms with Gasteiger partial charge in [-0.25, -0.2) is 0 Å². The Hall–Kier alpha value is -0.230. The van der Waals surface area contributed by atoms with Crippen molar-refractivity contribution in [1.29, 1.82) is 0 Å². The smallest absolute Gasteiger partial charge is 0.157 e. The van der Waals surface area contributed by atoms with E-state index in [0.29, 0.717) is 18.3 Å². The number of hydrogen-bond acceptors (Lipinski definition) is 5. The molecule has 184 valence electrons. The summed E-state index contributed by atoms with van der Waals surface area (Å²) in [6.07, 6.45) is 22.2. The van der Waals surface area contributed by atoms with Crippen molar-refractivity contribution in [2.24, 2.45) is 0 Å². The fourth-order valence-corrected chi connectivity index (χ4v) is 4.16. The Kier molecular flexibility index (Phi) is 20.1. The number of hydrogen-bond donors (Lipinski definition) is 0. The molecule has 4 nitrogen and oxygen atoms in total. The summed E-state index contributed by atoms with van der Waals surface area (Å²) in [5.74, 6) is 0. The Morgan fingerprint density at radius 1 is 0.839 bits per heavy atom. The predicted octanol–water partition coefficient (Wildman–Crippen LogP) is 7.76. The van der Waals surface area contributed by atoms with Crippen LogP contribution >= 0.6 is 12.2 Å². The molecule has 0 aromatic rings. The van der Waals surface area contributed by atoms with Crippen LogP contribution in [0.2, 0.25) is 0 Å². The Morgan fingerprint density at radius 2 is 1.42 bits per heavy atom. The van der Waals surface area contributed by atoms with Crippen LogP contribution in [0, 0.1) is 0 Å². The third-order valence-corrected chi connectivity index (χ3v) is 5.98. The van der Waals surface area contributed by atoms with E-state index in [9.17, 15) is 0 Å². The molecule has 1 unspecified atom stereocenters. The summed E-state index contributed by atoms with van der Waals surface area (Å²) < 4.78 is 23.0. The summed E-state index contributed by atoms with van der Waals surface area (Å²) in [5.41, 5.74) is 0. The van der Waals surface area contributed by atoms with Gasteiger partial charge in [-0.2, -0.15) is 0 Å². The van der Waals surface area contributed by atoms with Gasteiger partial charge < -0.3 is 18.9 Å². The first-order valence-electron chi connectivity index (χ1n) is 13.2. The van der Waals surface area contributed by atoms with Gasteiger partial charge in [-0.15, -0.1) is 0 Å². The zero-order valence-corrected chi connectivity index (χ0v) is 21.4. The lowest BCUT2D eigenvalue weighted by molar-refractivity contribution is -0.177. The van der Waals surface area contributed by atoms with E-state index in [1.807, 2.05) is 0 Å². The third kappa shape index (κ3) is 19.0. The summed E-state index contributed by atoms with van der Waals surface area (Å²) in [4.78, 5) is 0. The topological polar surface area (TPSA) is 36.9 Å². The molecular formula is C26H50O4S. The summed E-state index contributed by atoms with van der Waals surface area (Å²) in [6.45, 7) is 6.65. The second-order valence-corrected chi connectivity index (χ2v) is 9.61. The molecule has 0 spiro atoms. The average Bonchev–Trinajstić information content (AvgIpc) is 2.77. The predicted molar refractivity (Wildman–Crippen MR) is 134 cm³/mol. The molecule has 0 aromatic carbocycles. The summed E-state index contributed by atoms with van der Waals surface area (Å²) in [6, 6.07) is 0. The van der Waals surface area contributed by atoms with Crippen molar-refractivity contribution in [3.05, 3.63) is 0 Å². The molecule has 1 rings (SSSR count). The summed E-state index contributed by atoms with van der Waals surface area (Å²) in [5, 5.41) is 0.540. The number of rotatable bonds is 21. The molecule has 5 heteroatoms. The molecule has 0 bridgehead atoms. The van der Waals surface area contributed by atoms with Crippen LogP contribution in [0.15, 0.2) is 0 Å². The maximum atomic E-state index is 5.84. The lowest BCUT2D eigenvalue weighted by Crippen LogP contribution is -2.32. The molecule has 1 saturated heterocycles. The maximum absolute atomic E-state index is 5.84. The molecule has 0 N–H and O–H groups in total. The van der Waals surface area contributed by atoms with Gasteiger partial charge in [0.1, 0.15) is 6.10 Å². The summed E-state index contributed by atoms with van der Waals surface area (Å²) in [7, 11) is 0. The van der Waals surface area contributed by atoms with E-state index in [1.54, 1.807) is 6.92 Å². The fraction of sp³-hybridized carbons (Fsp3) is 0.962. The Labute approximate surface area is 198 Å². The molecule has 0 amide bonds. The highest BCUT2D eigenvalue weighted by Crippen LogP contribution is 2.15. The highest BCUT2D eigenvalue weighted by molar-refractivity contribution is 7.80. The van der Waals surface area contributed by atoms with E-state index in [4.69, 9.17) is 31.2 Å². The monoisotopic (exact) mass is 458 g/mol. The SMILES string of the molecule is CCCCCCCCCCCCCCCCOC[C@H](COC1CCCCO1)OC(C)=S. The first-order chi connectivity index (χ1) is 15.2. The van der Waals surface area contributed by atoms with Crippen molar-refractivity contribution in [2.45, 2.75) is 135 Å². The van der Waals surface area contributed by atoms with Crippen LogP contribution in [0.4, 0.5) is 0 Å². The first-order valence-corrected chi connectivity index (χ1v) is 13.6. The van der Waals surface area contributed by atoms with E-state index in [1.165, 1.54) is 83.5 Å². The molecule has 1 aliphatic rings. The van der Waals surface area contributed by atoms with Gasteiger partial charge in [0.25, 0.3) is 0 Å². The largest absolute Gasteiger partial charge is 0.479 e. The van der Waals surface area contributed by atoms with Gasteiger partial charge >= 0.3 is 0 Å². The zero-order chi connectivity index (χ0) is 22.4. The third-order valence-electron chi connectivity index (χ3n) is 5.88. The Morgan fingerprint density at radius 3 is 1.94 bits per heavy atom. The highest BCUT2D eigenvalue weighted by atomic mass is 32.1. The number of thiocarbonyl (C=S) groups is 1. The van der Waals surface area contributed by atoms with Crippen LogP contribution in [-0.4, -0.2) is 43.9 Å². The van der Waals surface area contributed by atoms with Crippen molar-refractivity contribution >= 4 is 17.3 Å².